The summed E-state index contributed by atoms with van der Waals surface area (Å²) in [5.74, 6) is -0.0680. The molecule has 1 fully saturated rings. The van der Waals surface area contributed by atoms with Gasteiger partial charge in [0.05, 0.1) is 25.3 Å². The van der Waals surface area contributed by atoms with Gasteiger partial charge in [-0.3, -0.25) is 4.79 Å². The number of carboxylic acid groups (broad SMARTS) is 1. The molecule has 1 saturated heterocycles. The highest BCUT2D eigenvalue weighted by Crippen LogP contribution is 2.30. The van der Waals surface area contributed by atoms with Gasteiger partial charge in [-0.15, -0.1) is 0 Å². The van der Waals surface area contributed by atoms with Gasteiger partial charge in [0.15, 0.2) is 0 Å². The molecule has 2 atom stereocenters. The van der Waals surface area contributed by atoms with Crippen molar-refractivity contribution in [2.75, 3.05) is 32.1 Å². The summed E-state index contributed by atoms with van der Waals surface area (Å²) in [6.07, 6.45) is 2.52. The Hall–Kier alpha value is -2.44. The predicted molar refractivity (Wildman–Crippen MR) is 98.9 cm³/mol. The topological polar surface area (TPSA) is 88.1 Å². The average molecular weight is 364 g/mol. The minimum Gasteiger partial charge on any atom is -0.497 e. The molecule has 26 heavy (non-hydrogen) atoms. The Morgan fingerprint density at radius 2 is 2.12 bits per heavy atom. The number of piperidine rings is 1. The van der Waals surface area contributed by atoms with E-state index in [1.807, 2.05) is 6.92 Å². The van der Waals surface area contributed by atoms with Crippen LogP contribution in [-0.4, -0.2) is 48.8 Å². The molecule has 0 radical (unpaired) electrons. The summed E-state index contributed by atoms with van der Waals surface area (Å²) in [5.41, 5.74) is 0.524. The molecule has 2 amide bonds. The number of anilines is 1. The van der Waals surface area contributed by atoms with E-state index in [-0.39, 0.29) is 18.5 Å². The van der Waals surface area contributed by atoms with Crippen molar-refractivity contribution < 1.29 is 24.2 Å². The molecule has 0 aliphatic carbocycles. The number of rotatable bonds is 7. The van der Waals surface area contributed by atoms with Gasteiger partial charge in [0, 0.05) is 19.2 Å². The lowest BCUT2D eigenvalue weighted by atomic mass is 9.91. The van der Waals surface area contributed by atoms with E-state index in [1.54, 1.807) is 30.2 Å². The fraction of sp³-hybridized carbons (Fsp3) is 0.579. The van der Waals surface area contributed by atoms with Crippen molar-refractivity contribution in [2.24, 2.45) is 11.8 Å². The van der Waals surface area contributed by atoms with E-state index < -0.39 is 11.9 Å². The van der Waals surface area contributed by atoms with Gasteiger partial charge >= 0.3 is 12.0 Å². The van der Waals surface area contributed by atoms with E-state index in [0.29, 0.717) is 36.8 Å². The summed E-state index contributed by atoms with van der Waals surface area (Å²) in [6.45, 7) is 5.34. The van der Waals surface area contributed by atoms with E-state index in [4.69, 9.17) is 9.47 Å². The number of hydrogen-bond acceptors (Lipinski definition) is 4. The number of aliphatic carboxylic acids is 1. The molecule has 2 rings (SSSR count). The maximum absolute atomic E-state index is 12.7. The minimum atomic E-state index is -0.862. The number of hydrogen-bond donors (Lipinski definition) is 2. The van der Waals surface area contributed by atoms with Crippen molar-refractivity contribution >= 4 is 17.7 Å². The van der Waals surface area contributed by atoms with E-state index in [2.05, 4.69) is 12.2 Å². The average Bonchev–Trinajstić information content (AvgIpc) is 2.62. The van der Waals surface area contributed by atoms with Crippen LogP contribution in [0.25, 0.3) is 0 Å². The van der Waals surface area contributed by atoms with E-state index >= 15 is 0 Å². The maximum atomic E-state index is 12.7. The lowest BCUT2D eigenvalue weighted by molar-refractivity contribution is -0.143. The first-order valence-corrected chi connectivity index (χ1v) is 9.04. The standard InChI is InChI=1S/C19H28N2O5/c1-4-5-8-26-17-7-6-15(25-3)10-16(17)20-19(24)21-11-13(2)9-14(12-21)18(22)23/h6-7,10,13-14H,4-5,8-9,11-12H2,1-3H3,(H,20,24)(H,22,23). The van der Waals surface area contributed by atoms with Crippen LogP contribution in [0.2, 0.25) is 0 Å². The molecule has 7 heteroatoms. The number of nitrogens with one attached hydrogen (secondary N) is 1. The van der Waals surface area contributed by atoms with E-state index in [0.717, 1.165) is 12.8 Å². The number of methoxy groups -OCH3 is 1. The number of nitrogens with zero attached hydrogens (tertiary/aromatic N) is 1. The van der Waals surface area contributed by atoms with Crippen LogP contribution in [0, 0.1) is 11.8 Å². The van der Waals surface area contributed by atoms with Crippen LogP contribution in [0.3, 0.4) is 0 Å². The van der Waals surface area contributed by atoms with Gasteiger partial charge in [-0.1, -0.05) is 20.3 Å². The third kappa shape index (κ3) is 5.28. The van der Waals surface area contributed by atoms with Crippen molar-refractivity contribution in [3.63, 3.8) is 0 Å². The highest BCUT2D eigenvalue weighted by molar-refractivity contribution is 5.91. The molecule has 0 spiro atoms. The molecular weight excluding hydrogens is 336 g/mol. The molecule has 144 valence electrons. The highest BCUT2D eigenvalue weighted by atomic mass is 16.5. The Bertz CT molecular complexity index is 634. The number of likely N-dealkylation sites (tertiary alicyclic amines) is 1. The van der Waals surface area contributed by atoms with Crippen molar-refractivity contribution in [3.05, 3.63) is 18.2 Å². The molecule has 1 aromatic carbocycles. The molecular formula is C19H28N2O5. The molecule has 0 bridgehead atoms. The number of unbranched alkanes of at least 4 members (excludes halogenated alkanes) is 1. The second kappa shape index (κ2) is 9.31. The van der Waals surface area contributed by atoms with Crippen LogP contribution in [0.15, 0.2) is 18.2 Å². The fourth-order valence-corrected chi connectivity index (χ4v) is 3.08. The third-order valence-electron chi connectivity index (χ3n) is 4.48. The summed E-state index contributed by atoms with van der Waals surface area (Å²) < 4.78 is 11.0. The van der Waals surface area contributed by atoms with Crippen LogP contribution in [0.1, 0.15) is 33.1 Å². The third-order valence-corrected chi connectivity index (χ3v) is 4.48. The van der Waals surface area contributed by atoms with E-state index in [1.165, 1.54) is 0 Å². The van der Waals surface area contributed by atoms with Gasteiger partial charge in [0.1, 0.15) is 11.5 Å². The minimum absolute atomic E-state index is 0.140. The summed E-state index contributed by atoms with van der Waals surface area (Å²) in [5, 5.41) is 12.1. The number of carbonyl (C=O) groups is 2. The van der Waals surface area contributed by atoms with Crippen LogP contribution < -0.4 is 14.8 Å². The van der Waals surface area contributed by atoms with Crippen LogP contribution in [-0.2, 0) is 4.79 Å². The zero-order valence-electron chi connectivity index (χ0n) is 15.7. The van der Waals surface area contributed by atoms with Crippen LogP contribution in [0.5, 0.6) is 11.5 Å². The molecule has 1 aromatic rings. The quantitative estimate of drug-likeness (QED) is 0.724. The summed E-state index contributed by atoms with van der Waals surface area (Å²) in [7, 11) is 1.56. The molecule has 1 heterocycles. The summed E-state index contributed by atoms with van der Waals surface area (Å²) >= 11 is 0. The van der Waals surface area contributed by atoms with Crippen LogP contribution >= 0.6 is 0 Å². The van der Waals surface area contributed by atoms with Crippen molar-refractivity contribution in [2.45, 2.75) is 33.1 Å². The molecule has 1 aliphatic rings. The van der Waals surface area contributed by atoms with E-state index in [9.17, 15) is 14.7 Å². The monoisotopic (exact) mass is 364 g/mol. The number of ether oxygens (including phenoxy) is 2. The van der Waals surface area contributed by atoms with Crippen molar-refractivity contribution in [1.82, 2.24) is 4.90 Å². The van der Waals surface area contributed by atoms with Gasteiger partial charge < -0.3 is 24.8 Å². The second-order valence-corrected chi connectivity index (χ2v) is 6.78. The molecule has 2 unspecified atom stereocenters. The fourth-order valence-electron chi connectivity index (χ4n) is 3.08. The summed E-state index contributed by atoms with van der Waals surface area (Å²) in [4.78, 5) is 25.6. The smallest absolute Gasteiger partial charge is 0.321 e. The zero-order chi connectivity index (χ0) is 19.1. The Balaban J connectivity index is 2.12. The van der Waals surface area contributed by atoms with Gasteiger partial charge in [-0.05, 0) is 30.9 Å². The first-order chi connectivity index (χ1) is 12.4. The molecule has 2 N–H and O–H groups in total. The Labute approximate surface area is 154 Å². The predicted octanol–water partition coefficient (Wildman–Crippen LogP) is 3.45. The molecule has 0 aromatic heterocycles. The number of amides is 2. The molecule has 0 saturated carbocycles. The number of benzene rings is 1. The number of carboxylic acids is 1. The van der Waals surface area contributed by atoms with Gasteiger partial charge in [-0.2, -0.15) is 0 Å². The largest absolute Gasteiger partial charge is 0.497 e. The van der Waals surface area contributed by atoms with Crippen LogP contribution in [0.4, 0.5) is 10.5 Å². The Kier molecular flexibility index (Phi) is 7.12. The number of carbonyl (C=O) groups excluding carboxylic acids is 1. The molecule has 7 nitrogen and oxygen atoms in total. The van der Waals surface area contributed by atoms with Gasteiger partial charge in [0.2, 0.25) is 0 Å². The SMILES string of the molecule is CCCCOc1ccc(OC)cc1NC(=O)N1CC(C)CC(C(=O)O)C1. The zero-order valence-corrected chi connectivity index (χ0v) is 15.7. The normalized spacial score (nSPS) is 19.7. The van der Waals surface area contributed by atoms with Gasteiger partial charge in [0.25, 0.3) is 0 Å². The summed E-state index contributed by atoms with van der Waals surface area (Å²) in [6, 6.07) is 4.93. The van der Waals surface area contributed by atoms with Crippen molar-refractivity contribution in [1.29, 1.82) is 0 Å². The second-order valence-electron chi connectivity index (χ2n) is 6.78. The molecule has 1 aliphatic heterocycles. The Morgan fingerprint density at radius 1 is 1.35 bits per heavy atom. The maximum Gasteiger partial charge on any atom is 0.321 e. The lowest BCUT2D eigenvalue weighted by Gasteiger charge is -2.34. The first kappa shape index (κ1) is 19.9. The highest BCUT2D eigenvalue weighted by Gasteiger charge is 2.32. The number of urea groups is 1. The van der Waals surface area contributed by atoms with Gasteiger partial charge in [-0.25, -0.2) is 4.79 Å². The first-order valence-electron chi connectivity index (χ1n) is 9.04. The Morgan fingerprint density at radius 3 is 2.77 bits per heavy atom. The van der Waals surface area contributed by atoms with Crippen molar-refractivity contribution in [3.8, 4) is 11.5 Å². The lowest BCUT2D eigenvalue weighted by Crippen LogP contribution is -2.47.